The van der Waals surface area contributed by atoms with E-state index in [4.69, 9.17) is 16.1 Å². The molecular formula is C28H32ClFN2OS. The Balaban J connectivity index is 0.00000324. The molecule has 0 amide bonds. The first-order valence-electron chi connectivity index (χ1n) is 11.4. The zero-order valence-electron chi connectivity index (χ0n) is 20.4. The Morgan fingerprint density at radius 2 is 1.88 bits per heavy atom. The molecule has 0 aliphatic heterocycles. The van der Waals surface area contributed by atoms with E-state index in [0.717, 1.165) is 50.1 Å². The number of rotatable bonds is 8. The summed E-state index contributed by atoms with van der Waals surface area (Å²) in [7, 11) is 1.69. The standard InChI is InChI=1S/C28H31FN2OS.ClH/c1-7-12-31(25(15-21-9-10-21)22-11-8-17(2)24(29)16-22)28-30-27(20(5)33-28)23-13-19(4)26(32-6)14-18(23)3;/h1,8,11,13-14,16,21,25H,9-10,12,15H2,2-6H3;1H/t25-;/m0./s1. The third-order valence-corrected chi connectivity index (χ3v) is 7.51. The Labute approximate surface area is 212 Å². The molecule has 180 valence electrons. The van der Waals surface area contributed by atoms with E-state index in [1.165, 1.54) is 12.8 Å². The Morgan fingerprint density at radius 1 is 1.15 bits per heavy atom. The van der Waals surface area contributed by atoms with Crippen LogP contribution in [0.1, 0.15) is 52.4 Å². The Morgan fingerprint density at radius 3 is 2.50 bits per heavy atom. The summed E-state index contributed by atoms with van der Waals surface area (Å²) in [5, 5.41) is 0.889. The Bertz CT molecular complexity index is 1210. The average molecular weight is 499 g/mol. The first-order chi connectivity index (χ1) is 15.8. The van der Waals surface area contributed by atoms with Crippen LogP contribution >= 0.6 is 23.7 Å². The summed E-state index contributed by atoms with van der Waals surface area (Å²) < 4.78 is 20.0. The Kier molecular flexibility index (Phi) is 8.28. The summed E-state index contributed by atoms with van der Waals surface area (Å²) in [4.78, 5) is 8.41. The summed E-state index contributed by atoms with van der Waals surface area (Å²) in [5.41, 5.74) is 5.90. The predicted molar refractivity (Wildman–Crippen MR) is 143 cm³/mol. The molecule has 0 unspecified atom stereocenters. The van der Waals surface area contributed by atoms with E-state index in [9.17, 15) is 4.39 Å². The summed E-state index contributed by atoms with van der Waals surface area (Å²) in [6.45, 7) is 8.46. The van der Waals surface area contributed by atoms with Crippen molar-refractivity contribution >= 4 is 28.9 Å². The summed E-state index contributed by atoms with van der Waals surface area (Å²) in [5.74, 6) is 4.19. The van der Waals surface area contributed by atoms with Gasteiger partial charge in [-0.05, 0) is 80.5 Å². The maximum atomic E-state index is 14.5. The van der Waals surface area contributed by atoms with E-state index in [-0.39, 0.29) is 24.3 Å². The number of hydrogen-bond donors (Lipinski definition) is 0. The molecule has 4 rings (SSSR count). The van der Waals surface area contributed by atoms with Crippen LogP contribution in [0.25, 0.3) is 11.3 Å². The molecule has 1 atom stereocenters. The van der Waals surface area contributed by atoms with E-state index in [2.05, 4.69) is 36.8 Å². The lowest BCUT2D eigenvalue weighted by molar-refractivity contribution is 0.411. The van der Waals surface area contributed by atoms with E-state index in [0.29, 0.717) is 18.0 Å². The zero-order chi connectivity index (χ0) is 23.7. The number of halogens is 2. The lowest BCUT2D eigenvalue weighted by Gasteiger charge is -2.31. The van der Waals surface area contributed by atoms with Crippen molar-refractivity contribution in [3.8, 4) is 29.4 Å². The van der Waals surface area contributed by atoms with E-state index in [1.807, 2.05) is 19.1 Å². The van der Waals surface area contributed by atoms with Gasteiger partial charge in [0.15, 0.2) is 5.13 Å². The van der Waals surface area contributed by atoms with Gasteiger partial charge in [0.1, 0.15) is 11.6 Å². The molecule has 1 heterocycles. The number of hydrogen-bond acceptors (Lipinski definition) is 4. The first kappa shape index (κ1) is 26.1. The maximum absolute atomic E-state index is 14.5. The SMILES string of the molecule is C#CCN(c1nc(-c2cc(C)c(OC)cc2C)c(C)s1)[C@@H](CC1CC1)c1ccc(C)c(F)c1.Cl. The molecule has 0 bridgehead atoms. The lowest BCUT2D eigenvalue weighted by Crippen LogP contribution is -2.29. The minimum Gasteiger partial charge on any atom is -0.496 e. The molecule has 0 spiro atoms. The van der Waals surface area contributed by atoms with Crippen molar-refractivity contribution in [2.45, 2.75) is 53.0 Å². The van der Waals surface area contributed by atoms with Crippen LogP contribution in [0.4, 0.5) is 9.52 Å². The number of anilines is 1. The number of aromatic nitrogens is 1. The predicted octanol–water partition coefficient (Wildman–Crippen LogP) is 7.59. The van der Waals surface area contributed by atoms with Crippen molar-refractivity contribution in [1.82, 2.24) is 4.98 Å². The largest absolute Gasteiger partial charge is 0.496 e. The van der Waals surface area contributed by atoms with Crippen molar-refractivity contribution in [3.05, 3.63) is 63.3 Å². The topological polar surface area (TPSA) is 25.4 Å². The van der Waals surface area contributed by atoms with Gasteiger partial charge in [-0.25, -0.2) is 9.37 Å². The molecule has 34 heavy (non-hydrogen) atoms. The molecule has 0 radical (unpaired) electrons. The molecule has 1 aliphatic rings. The van der Waals surface area contributed by atoms with Crippen LogP contribution in [0.5, 0.6) is 5.75 Å². The van der Waals surface area contributed by atoms with Gasteiger partial charge in [-0.1, -0.05) is 30.9 Å². The van der Waals surface area contributed by atoms with E-state index in [1.54, 1.807) is 31.4 Å². The van der Waals surface area contributed by atoms with Crippen molar-refractivity contribution in [2.24, 2.45) is 5.92 Å². The van der Waals surface area contributed by atoms with Crippen LogP contribution in [0.2, 0.25) is 0 Å². The quantitative estimate of drug-likeness (QED) is 0.299. The van der Waals surface area contributed by atoms with Crippen LogP contribution in [-0.2, 0) is 0 Å². The highest BCUT2D eigenvalue weighted by Crippen LogP contribution is 2.44. The van der Waals surface area contributed by atoms with Gasteiger partial charge in [-0.3, -0.25) is 0 Å². The summed E-state index contributed by atoms with van der Waals surface area (Å²) in [6.07, 6.45) is 9.22. The Hall–Kier alpha value is -2.55. The minimum atomic E-state index is -0.172. The number of benzene rings is 2. The molecule has 3 aromatic rings. The number of aryl methyl sites for hydroxylation is 4. The summed E-state index contributed by atoms with van der Waals surface area (Å²) in [6, 6.07) is 9.77. The van der Waals surface area contributed by atoms with Crippen LogP contribution in [-0.4, -0.2) is 18.6 Å². The smallest absolute Gasteiger partial charge is 0.187 e. The van der Waals surface area contributed by atoms with Crippen LogP contribution < -0.4 is 9.64 Å². The fourth-order valence-corrected chi connectivity index (χ4v) is 5.33. The second-order valence-electron chi connectivity index (χ2n) is 9.07. The van der Waals surface area contributed by atoms with Gasteiger partial charge in [-0.15, -0.1) is 30.2 Å². The van der Waals surface area contributed by atoms with Crippen LogP contribution in [0, 0.1) is 51.8 Å². The van der Waals surface area contributed by atoms with Crippen molar-refractivity contribution in [2.75, 3.05) is 18.6 Å². The van der Waals surface area contributed by atoms with Gasteiger partial charge in [0, 0.05) is 10.4 Å². The molecular weight excluding hydrogens is 467 g/mol. The lowest BCUT2D eigenvalue weighted by atomic mass is 9.98. The third kappa shape index (κ3) is 5.40. The second-order valence-corrected chi connectivity index (χ2v) is 10.3. The third-order valence-electron chi connectivity index (χ3n) is 6.50. The highest BCUT2D eigenvalue weighted by atomic mass is 35.5. The molecule has 6 heteroatoms. The van der Waals surface area contributed by atoms with Gasteiger partial charge >= 0.3 is 0 Å². The maximum Gasteiger partial charge on any atom is 0.187 e. The van der Waals surface area contributed by atoms with Crippen molar-refractivity contribution < 1.29 is 9.13 Å². The van der Waals surface area contributed by atoms with Gasteiger partial charge in [0.2, 0.25) is 0 Å². The molecule has 1 aromatic heterocycles. The summed E-state index contributed by atoms with van der Waals surface area (Å²) >= 11 is 1.65. The van der Waals surface area contributed by atoms with Crippen LogP contribution in [0.15, 0.2) is 30.3 Å². The van der Waals surface area contributed by atoms with Crippen LogP contribution in [0.3, 0.4) is 0 Å². The molecule has 2 aromatic carbocycles. The van der Waals surface area contributed by atoms with E-state index < -0.39 is 0 Å². The first-order valence-corrected chi connectivity index (χ1v) is 12.2. The minimum absolute atomic E-state index is 0. The second kappa shape index (κ2) is 10.8. The molecule has 3 nitrogen and oxygen atoms in total. The molecule has 0 saturated heterocycles. The van der Waals surface area contributed by atoms with Gasteiger partial charge < -0.3 is 9.64 Å². The number of methoxy groups -OCH3 is 1. The zero-order valence-corrected chi connectivity index (χ0v) is 22.1. The molecule has 1 saturated carbocycles. The number of nitrogens with zero attached hydrogens (tertiary/aromatic N) is 2. The van der Waals surface area contributed by atoms with Gasteiger partial charge in [-0.2, -0.15) is 0 Å². The van der Waals surface area contributed by atoms with Gasteiger partial charge in [0.25, 0.3) is 0 Å². The van der Waals surface area contributed by atoms with Crippen molar-refractivity contribution in [1.29, 1.82) is 0 Å². The van der Waals surface area contributed by atoms with Gasteiger partial charge in [0.05, 0.1) is 25.4 Å². The molecule has 0 N–H and O–H groups in total. The highest BCUT2D eigenvalue weighted by Gasteiger charge is 2.32. The fourth-order valence-electron chi connectivity index (χ4n) is 4.36. The van der Waals surface area contributed by atoms with E-state index >= 15 is 0 Å². The number of terminal acetylenes is 1. The number of thiazole rings is 1. The highest BCUT2D eigenvalue weighted by molar-refractivity contribution is 7.16. The molecule has 1 fully saturated rings. The normalized spacial score (nSPS) is 13.7. The average Bonchev–Trinajstić information content (AvgIpc) is 3.53. The molecule has 1 aliphatic carbocycles. The number of ether oxygens (including phenoxy) is 1. The fraction of sp³-hybridized carbons (Fsp3) is 0.393. The monoisotopic (exact) mass is 498 g/mol. The van der Waals surface area contributed by atoms with Crippen molar-refractivity contribution in [3.63, 3.8) is 0 Å².